The molecule has 1 aliphatic carbocycles. The minimum absolute atomic E-state index is 0.120. The van der Waals surface area contributed by atoms with Crippen molar-refractivity contribution in [3.8, 4) is 0 Å². The van der Waals surface area contributed by atoms with E-state index >= 15 is 0 Å². The van der Waals surface area contributed by atoms with Crippen molar-refractivity contribution in [1.82, 2.24) is 5.32 Å². The molecule has 0 atom stereocenters. The van der Waals surface area contributed by atoms with Crippen LogP contribution in [0.3, 0.4) is 0 Å². The smallest absolute Gasteiger partial charge is 0.329 e. The van der Waals surface area contributed by atoms with E-state index in [2.05, 4.69) is 28.2 Å². The lowest BCUT2D eigenvalue weighted by atomic mass is 9.77. The number of amides is 1. The van der Waals surface area contributed by atoms with Crippen molar-refractivity contribution in [2.75, 3.05) is 0 Å². The number of rotatable bonds is 3. The predicted molar refractivity (Wildman–Crippen MR) is 79.6 cm³/mol. The number of carboxylic acids is 1. The SMILES string of the molecule is CC1CCC(NC(=O)c2ccc(Br)c(F)c2)(C(=O)O)CC1. The minimum Gasteiger partial charge on any atom is -0.480 e. The zero-order chi connectivity index (χ0) is 15.6. The number of benzene rings is 1. The molecule has 0 spiro atoms. The van der Waals surface area contributed by atoms with Gasteiger partial charge < -0.3 is 10.4 Å². The third-order valence-corrected chi connectivity index (χ3v) is 4.71. The molecular weight excluding hydrogens is 341 g/mol. The monoisotopic (exact) mass is 357 g/mol. The lowest BCUT2D eigenvalue weighted by Crippen LogP contribution is -2.56. The van der Waals surface area contributed by atoms with Crippen molar-refractivity contribution in [2.45, 2.75) is 38.1 Å². The molecule has 6 heteroatoms. The van der Waals surface area contributed by atoms with Crippen LogP contribution < -0.4 is 5.32 Å². The Morgan fingerprint density at radius 2 is 2.00 bits per heavy atom. The summed E-state index contributed by atoms with van der Waals surface area (Å²) in [5.41, 5.74) is -1.12. The van der Waals surface area contributed by atoms with Gasteiger partial charge in [0.05, 0.1) is 4.47 Å². The average molecular weight is 358 g/mol. The normalized spacial score (nSPS) is 25.4. The zero-order valence-corrected chi connectivity index (χ0v) is 13.2. The van der Waals surface area contributed by atoms with Crippen molar-refractivity contribution in [2.24, 2.45) is 5.92 Å². The number of carbonyl (C=O) groups excluding carboxylic acids is 1. The van der Waals surface area contributed by atoms with Crippen molar-refractivity contribution in [1.29, 1.82) is 0 Å². The van der Waals surface area contributed by atoms with Gasteiger partial charge in [-0.1, -0.05) is 6.92 Å². The molecule has 114 valence electrons. The van der Waals surface area contributed by atoms with Gasteiger partial charge in [0.1, 0.15) is 11.4 Å². The Balaban J connectivity index is 2.19. The summed E-state index contributed by atoms with van der Waals surface area (Å²) >= 11 is 3.02. The van der Waals surface area contributed by atoms with Gasteiger partial charge in [-0.25, -0.2) is 9.18 Å². The van der Waals surface area contributed by atoms with Gasteiger partial charge in [-0.05, 0) is 65.7 Å². The summed E-state index contributed by atoms with van der Waals surface area (Å²) in [4.78, 5) is 23.8. The van der Waals surface area contributed by atoms with Crippen LogP contribution in [0.15, 0.2) is 22.7 Å². The second kappa shape index (κ2) is 6.13. The maximum absolute atomic E-state index is 13.5. The van der Waals surface area contributed by atoms with Gasteiger partial charge >= 0.3 is 5.97 Å². The van der Waals surface area contributed by atoms with Crippen LogP contribution in [0.1, 0.15) is 43.0 Å². The van der Waals surface area contributed by atoms with Gasteiger partial charge in [0.25, 0.3) is 5.91 Å². The van der Waals surface area contributed by atoms with Crippen LogP contribution in [0, 0.1) is 11.7 Å². The van der Waals surface area contributed by atoms with Crippen LogP contribution >= 0.6 is 15.9 Å². The average Bonchev–Trinajstić information content (AvgIpc) is 2.44. The molecule has 1 amide bonds. The summed E-state index contributed by atoms with van der Waals surface area (Å²) in [5, 5.41) is 12.1. The van der Waals surface area contributed by atoms with E-state index in [4.69, 9.17) is 0 Å². The molecule has 4 nitrogen and oxygen atoms in total. The van der Waals surface area contributed by atoms with E-state index in [0.29, 0.717) is 18.8 Å². The quantitative estimate of drug-likeness (QED) is 0.871. The van der Waals surface area contributed by atoms with E-state index in [9.17, 15) is 19.1 Å². The Morgan fingerprint density at radius 3 is 2.52 bits per heavy atom. The number of nitrogens with one attached hydrogen (secondary N) is 1. The van der Waals surface area contributed by atoms with Crippen molar-refractivity contribution < 1.29 is 19.1 Å². The highest BCUT2D eigenvalue weighted by atomic mass is 79.9. The highest BCUT2D eigenvalue weighted by Gasteiger charge is 2.42. The van der Waals surface area contributed by atoms with Gasteiger partial charge in [-0.15, -0.1) is 0 Å². The third-order valence-electron chi connectivity index (χ3n) is 4.07. The molecule has 0 unspecified atom stereocenters. The first-order valence-corrected chi connectivity index (χ1v) is 7.64. The standard InChI is InChI=1S/C15H17BrFNO3/c1-9-4-6-15(7-5-9,14(20)21)18-13(19)10-2-3-11(16)12(17)8-10/h2-3,8-9H,4-7H2,1H3,(H,18,19)(H,20,21). The van der Waals surface area contributed by atoms with Crippen LogP contribution in [0.25, 0.3) is 0 Å². The first-order valence-electron chi connectivity index (χ1n) is 6.85. The van der Waals surface area contributed by atoms with E-state index in [1.165, 1.54) is 12.1 Å². The molecule has 1 aromatic rings. The number of carbonyl (C=O) groups is 2. The van der Waals surface area contributed by atoms with E-state index < -0.39 is 23.2 Å². The van der Waals surface area contributed by atoms with E-state index in [-0.39, 0.29) is 10.0 Å². The molecular formula is C15H17BrFNO3. The van der Waals surface area contributed by atoms with Gasteiger partial charge in [-0.2, -0.15) is 0 Å². The van der Waals surface area contributed by atoms with Crippen LogP contribution in [-0.4, -0.2) is 22.5 Å². The number of hydrogen-bond acceptors (Lipinski definition) is 2. The highest BCUT2D eigenvalue weighted by Crippen LogP contribution is 2.32. The fourth-order valence-electron chi connectivity index (χ4n) is 2.57. The Labute approximate surface area is 130 Å². The van der Waals surface area contributed by atoms with Gasteiger partial charge in [-0.3, -0.25) is 4.79 Å². The molecule has 0 heterocycles. The van der Waals surface area contributed by atoms with Crippen LogP contribution in [-0.2, 0) is 4.79 Å². The third kappa shape index (κ3) is 3.43. The molecule has 1 aliphatic rings. The molecule has 2 N–H and O–H groups in total. The van der Waals surface area contributed by atoms with Gasteiger partial charge in [0.2, 0.25) is 0 Å². The molecule has 1 aromatic carbocycles. The summed E-state index contributed by atoms with van der Waals surface area (Å²) in [6.45, 7) is 2.07. The van der Waals surface area contributed by atoms with Crippen LogP contribution in [0.2, 0.25) is 0 Å². The molecule has 21 heavy (non-hydrogen) atoms. The zero-order valence-electron chi connectivity index (χ0n) is 11.7. The maximum Gasteiger partial charge on any atom is 0.329 e. The predicted octanol–water partition coefficient (Wildman–Crippen LogP) is 3.35. The Hall–Kier alpha value is -1.43. The Kier molecular flexibility index (Phi) is 4.66. The summed E-state index contributed by atoms with van der Waals surface area (Å²) in [7, 11) is 0. The highest BCUT2D eigenvalue weighted by molar-refractivity contribution is 9.10. The number of carboxylic acid groups (broad SMARTS) is 1. The molecule has 0 aromatic heterocycles. The summed E-state index contributed by atoms with van der Waals surface area (Å²) < 4.78 is 13.7. The first kappa shape index (κ1) is 15.9. The molecule has 1 saturated carbocycles. The molecule has 0 bridgehead atoms. The van der Waals surface area contributed by atoms with Crippen LogP contribution in [0.5, 0.6) is 0 Å². The minimum atomic E-state index is -1.24. The number of hydrogen-bond donors (Lipinski definition) is 2. The largest absolute Gasteiger partial charge is 0.480 e. The fraction of sp³-hybridized carbons (Fsp3) is 0.467. The van der Waals surface area contributed by atoms with Crippen molar-refractivity contribution in [3.05, 3.63) is 34.1 Å². The van der Waals surface area contributed by atoms with Crippen LogP contribution in [0.4, 0.5) is 4.39 Å². The number of halogens is 2. The Bertz CT molecular complexity index is 568. The second-order valence-electron chi connectivity index (χ2n) is 5.65. The second-order valence-corrected chi connectivity index (χ2v) is 6.51. The van der Waals surface area contributed by atoms with Gasteiger partial charge in [0.15, 0.2) is 0 Å². The lowest BCUT2D eigenvalue weighted by molar-refractivity contribution is -0.146. The topological polar surface area (TPSA) is 66.4 Å². The van der Waals surface area contributed by atoms with Crippen molar-refractivity contribution >= 4 is 27.8 Å². The summed E-state index contributed by atoms with van der Waals surface area (Å²) in [6, 6.07) is 3.99. The molecule has 0 saturated heterocycles. The first-order chi connectivity index (χ1) is 9.84. The van der Waals surface area contributed by atoms with Crippen molar-refractivity contribution in [3.63, 3.8) is 0 Å². The number of aliphatic carboxylic acids is 1. The van der Waals surface area contributed by atoms with Gasteiger partial charge in [0, 0.05) is 5.56 Å². The fourth-order valence-corrected chi connectivity index (χ4v) is 2.82. The van der Waals surface area contributed by atoms with E-state index in [0.717, 1.165) is 18.9 Å². The van der Waals surface area contributed by atoms with E-state index in [1.54, 1.807) is 0 Å². The molecule has 1 fully saturated rings. The van der Waals surface area contributed by atoms with E-state index in [1.807, 2.05) is 0 Å². The molecule has 2 rings (SSSR count). The summed E-state index contributed by atoms with van der Waals surface area (Å²) in [5.74, 6) is -1.68. The molecule has 0 radical (unpaired) electrons. The molecule has 0 aliphatic heterocycles. The maximum atomic E-state index is 13.5. The summed E-state index contributed by atoms with van der Waals surface area (Å²) in [6.07, 6.45) is 2.30. The lowest BCUT2D eigenvalue weighted by Gasteiger charge is -2.36. The Morgan fingerprint density at radius 1 is 1.38 bits per heavy atom.